The van der Waals surface area contributed by atoms with Gasteiger partial charge in [-0.1, -0.05) is 0 Å². The number of benzene rings is 1. The van der Waals surface area contributed by atoms with Crippen molar-refractivity contribution in [2.24, 2.45) is 5.92 Å². The number of hydrogen-bond donors (Lipinski definition) is 1. The molecule has 32 heavy (non-hydrogen) atoms. The van der Waals surface area contributed by atoms with Crippen molar-refractivity contribution in [3.8, 4) is 0 Å². The van der Waals surface area contributed by atoms with Crippen molar-refractivity contribution in [1.82, 2.24) is 10.2 Å². The minimum Gasteiger partial charge on any atom is -0.460 e. The van der Waals surface area contributed by atoms with Crippen LogP contribution >= 0.6 is 0 Å². The minimum absolute atomic E-state index is 0.0816. The van der Waals surface area contributed by atoms with Crippen molar-refractivity contribution in [2.45, 2.75) is 64.1 Å². The molecule has 170 valence electrons. The van der Waals surface area contributed by atoms with Crippen LogP contribution in [0.1, 0.15) is 67.2 Å². The van der Waals surface area contributed by atoms with E-state index in [0.717, 1.165) is 10.6 Å². The van der Waals surface area contributed by atoms with Gasteiger partial charge in [0.15, 0.2) is 0 Å². The molecule has 1 saturated heterocycles. The Morgan fingerprint density at radius 3 is 2.38 bits per heavy atom. The van der Waals surface area contributed by atoms with E-state index in [1.165, 1.54) is 0 Å². The average molecular weight is 441 g/mol. The topological polar surface area (TPSA) is 113 Å². The molecule has 0 bridgehead atoms. The van der Waals surface area contributed by atoms with E-state index in [1.54, 1.807) is 18.2 Å². The molecule has 1 aromatic rings. The Kier molecular flexibility index (Phi) is 5.30. The largest absolute Gasteiger partial charge is 0.460 e. The zero-order valence-electron chi connectivity index (χ0n) is 18.6. The normalized spacial score (nSPS) is 25.2. The van der Waals surface area contributed by atoms with E-state index in [-0.39, 0.29) is 41.9 Å². The van der Waals surface area contributed by atoms with E-state index < -0.39 is 35.3 Å². The van der Waals surface area contributed by atoms with Gasteiger partial charge in [0, 0.05) is 25.2 Å². The summed E-state index contributed by atoms with van der Waals surface area (Å²) in [4.78, 5) is 64.6. The molecule has 9 nitrogen and oxygen atoms in total. The van der Waals surface area contributed by atoms with Crippen LogP contribution < -0.4 is 10.2 Å². The molecule has 3 aliphatic rings. The fourth-order valence-corrected chi connectivity index (χ4v) is 4.37. The lowest BCUT2D eigenvalue weighted by Crippen LogP contribution is -2.54. The maximum absolute atomic E-state index is 13.0. The third kappa shape index (κ3) is 3.87. The summed E-state index contributed by atoms with van der Waals surface area (Å²) in [5.74, 6) is -2.44. The number of rotatable bonds is 4. The van der Waals surface area contributed by atoms with E-state index in [2.05, 4.69) is 5.32 Å². The summed E-state index contributed by atoms with van der Waals surface area (Å²) >= 11 is 0. The first-order valence-electron chi connectivity index (χ1n) is 10.8. The highest BCUT2D eigenvalue weighted by molar-refractivity contribution is 6.23. The monoisotopic (exact) mass is 441 g/mol. The van der Waals surface area contributed by atoms with E-state index in [0.29, 0.717) is 12.8 Å². The van der Waals surface area contributed by atoms with Crippen LogP contribution in [0.25, 0.3) is 0 Å². The molecule has 2 aliphatic heterocycles. The Morgan fingerprint density at radius 1 is 1.09 bits per heavy atom. The number of amides is 4. The summed E-state index contributed by atoms with van der Waals surface area (Å²) in [6.07, 6.45) is 1.50. The number of nitrogens with one attached hydrogen (secondary N) is 1. The third-order valence-corrected chi connectivity index (χ3v) is 6.23. The summed E-state index contributed by atoms with van der Waals surface area (Å²) < 4.78 is 5.45. The Hall–Kier alpha value is -3.23. The molecule has 1 N–H and O–H groups in total. The van der Waals surface area contributed by atoms with Gasteiger partial charge in [0.25, 0.3) is 11.8 Å². The van der Waals surface area contributed by atoms with Crippen LogP contribution in [0.3, 0.4) is 0 Å². The molecular weight excluding hydrogens is 414 g/mol. The number of nitrogens with zero attached hydrogens (tertiary/aromatic N) is 2. The lowest BCUT2D eigenvalue weighted by molar-refractivity contribution is -0.163. The standard InChI is InChI=1S/C23H27N3O6/c1-23(2,3)32-22(31)12-9-14(10-12)25(4)13-5-6-15-16(11-13)21(30)26(20(15)29)17-7-8-18(27)24-19(17)28/h5-6,11-12,14,17H,7-10H2,1-4H3,(H,24,27,28)/t12?,14?,17-/m1/s1. The molecule has 9 heteroatoms. The van der Waals surface area contributed by atoms with Crippen molar-refractivity contribution >= 4 is 35.3 Å². The first-order valence-corrected chi connectivity index (χ1v) is 10.8. The Bertz CT molecular complexity index is 1020. The zero-order chi connectivity index (χ0) is 23.4. The molecule has 1 aromatic carbocycles. The number of anilines is 1. The van der Waals surface area contributed by atoms with Crippen LogP contribution in [-0.2, 0) is 19.1 Å². The van der Waals surface area contributed by atoms with Gasteiger partial charge in [-0.05, 0) is 58.2 Å². The molecule has 0 unspecified atom stereocenters. The van der Waals surface area contributed by atoms with Crippen molar-refractivity contribution in [3.63, 3.8) is 0 Å². The summed E-state index contributed by atoms with van der Waals surface area (Å²) in [6.45, 7) is 5.52. The lowest BCUT2D eigenvalue weighted by Gasteiger charge is -2.41. The summed E-state index contributed by atoms with van der Waals surface area (Å²) in [5, 5.41) is 2.19. The van der Waals surface area contributed by atoms with Crippen LogP contribution in [0.15, 0.2) is 18.2 Å². The zero-order valence-corrected chi connectivity index (χ0v) is 18.6. The quantitative estimate of drug-likeness (QED) is 0.558. The van der Waals surface area contributed by atoms with Crippen molar-refractivity contribution in [3.05, 3.63) is 29.3 Å². The number of ether oxygens (including phenoxy) is 1. The first-order chi connectivity index (χ1) is 15.0. The number of carbonyl (C=O) groups excluding carboxylic acids is 5. The highest BCUT2D eigenvalue weighted by atomic mass is 16.6. The number of hydrogen-bond acceptors (Lipinski definition) is 7. The first kappa shape index (κ1) is 22.0. The summed E-state index contributed by atoms with van der Waals surface area (Å²) in [7, 11) is 1.89. The SMILES string of the molecule is CN(c1ccc2c(c1)C(=O)N([C@@H]1CCC(=O)NC1=O)C2=O)C1CC(C(=O)OC(C)(C)C)C1. The number of piperidine rings is 1. The van der Waals surface area contributed by atoms with E-state index in [4.69, 9.17) is 4.74 Å². The predicted molar refractivity (Wildman–Crippen MR) is 114 cm³/mol. The van der Waals surface area contributed by atoms with Gasteiger partial charge < -0.3 is 9.64 Å². The van der Waals surface area contributed by atoms with Crippen molar-refractivity contribution < 1.29 is 28.7 Å². The minimum atomic E-state index is -0.984. The maximum atomic E-state index is 13.0. The van der Waals surface area contributed by atoms with Crippen LogP contribution in [0.5, 0.6) is 0 Å². The fraction of sp³-hybridized carbons (Fsp3) is 0.522. The van der Waals surface area contributed by atoms with Crippen LogP contribution in [0, 0.1) is 5.92 Å². The molecule has 2 fully saturated rings. The maximum Gasteiger partial charge on any atom is 0.309 e. The number of carbonyl (C=O) groups is 5. The van der Waals surface area contributed by atoms with E-state index in [9.17, 15) is 24.0 Å². The lowest BCUT2D eigenvalue weighted by atomic mass is 9.79. The molecule has 1 atom stereocenters. The number of esters is 1. The molecule has 1 aliphatic carbocycles. The molecule has 0 radical (unpaired) electrons. The second kappa shape index (κ2) is 7.72. The van der Waals surface area contributed by atoms with Crippen molar-refractivity contribution in [1.29, 1.82) is 0 Å². The van der Waals surface area contributed by atoms with Crippen molar-refractivity contribution in [2.75, 3.05) is 11.9 Å². The van der Waals surface area contributed by atoms with E-state index in [1.807, 2.05) is 32.7 Å². The summed E-state index contributed by atoms with van der Waals surface area (Å²) in [6, 6.07) is 4.14. The van der Waals surface area contributed by atoms with Gasteiger partial charge in [-0.3, -0.25) is 34.2 Å². The second-order valence-corrected chi connectivity index (χ2v) is 9.64. The highest BCUT2D eigenvalue weighted by Crippen LogP contribution is 2.37. The molecule has 0 aromatic heterocycles. The predicted octanol–water partition coefficient (Wildman–Crippen LogP) is 1.64. The van der Waals surface area contributed by atoms with Gasteiger partial charge in [0.05, 0.1) is 17.0 Å². The second-order valence-electron chi connectivity index (χ2n) is 9.64. The van der Waals surface area contributed by atoms with Crippen LogP contribution in [0.2, 0.25) is 0 Å². The number of imide groups is 2. The molecule has 4 amide bonds. The van der Waals surface area contributed by atoms with Gasteiger partial charge in [0.2, 0.25) is 11.8 Å². The van der Waals surface area contributed by atoms with Gasteiger partial charge in [0.1, 0.15) is 11.6 Å². The van der Waals surface area contributed by atoms with Crippen LogP contribution in [0.4, 0.5) is 5.69 Å². The Morgan fingerprint density at radius 2 is 1.75 bits per heavy atom. The van der Waals surface area contributed by atoms with Crippen LogP contribution in [-0.4, -0.2) is 59.2 Å². The molecular formula is C23H27N3O6. The smallest absolute Gasteiger partial charge is 0.309 e. The molecule has 2 heterocycles. The highest BCUT2D eigenvalue weighted by Gasteiger charge is 2.45. The Balaban J connectivity index is 1.46. The average Bonchev–Trinajstić information content (AvgIpc) is 2.89. The van der Waals surface area contributed by atoms with Gasteiger partial charge >= 0.3 is 5.97 Å². The number of fused-ring (bicyclic) bond motifs is 1. The molecule has 0 spiro atoms. The van der Waals surface area contributed by atoms with Gasteiger partial charge in [-0.2, -0.15) is 0 Å². The molecule has 4 rings (SSSR count). The van der Waals surface area contributed by atoms with E-state index >= 15 is 0 Å². The summed E-state index contributed by atoms with van der Waals surface area (Å²) in [5.41, 5.74) is 0.724. The Labute approximate surface area is 186 Å². The van der Waals surface area contributed by atoms with Gasteiger partial charge in [-0.25, -0.2) is 0 Å². The molecule has 1 saturated carbocycles. The third-order valence-electron chi connectivity index (χ3n) is 6.23. The van der Waals surface area contributed by atoms with Gasteiger partial charge in [-0.15, -0.1) is 0 Å². The fourth-order valence-electron chi connectivity index (χ4n) is 4.37.